The molecule has 0 bridgehead atoms. The van der Waals surface area contributed by atoms with E-state index in [0.29, 0.717) is 6.04 Å². The van der Waals surface area contributed by atoms with Gasteiger partial charge in [0.2, 0.25) is 10.0 Å². The van der Waals surface area contributed by atoms with E-state index >= 15 is 0 Å². The lowest BCUT2D eigenvalue weighted by Crippen LogP contribution is -2.47. The molecule has 0 amide bonds. The summed E-state index contributed by atoms with van der Waals surface area (Å²) in [5.74, 6) is 0. The van der Waals surface area contributed by atoms with Crippen molar-refractivity contribution >= 4 is 15.7 Å². The average molecular weight is 296 g/mol. The highest BCUT2D eigenvalue weighted by Gasteiger charge is 2.33. The second-order valence-electron chi connectivity index (χ2n) is 5.59. The molecule has 0 spiro atoms. The maximum absolute atomic E-state index is 12.4. The lowest BCUT2D eigenvalue weighted by molar-refractivity contribution is 0.176. The highest BCUT2D eigenvalue weighted by atomic mass is 32.2. The minimum atomic E-state index is -3.58. The zero-order valence-corrected chi connectivity index (χ0v) is 12.1. The van der Waals surface area contributed by atoms with Gasteiger partial charge in [-0.15, -0.1) is 0 Å². The first-order chi connectivity index (χ1) is 9.56. The van der Waals surface area contributed by atoms with Crippen molar-refractivity contribution in [2.24, 2.45) is 0 Å². The molecule has 2 aliphatic rings. The molecule has 3 heterocycles. The number of hydrogen-bond donors (Lipinski definition) is 2. The number of hydrogen-bond acceptors (Lipinski definition) is 5. The number of fused-ring (bicyclic) bond motifs is 1. The molecule has 3 N–H and O–H groups in total. The second-order valence-corrected chi connectivity index (χ2v) is 7.27. The summed E-state index contributed by atoms with van der Waals surface area (Å²) in [6, 6.07) is 2.04. The van der Waals surface area contributed by atoms with E-state index in [1.54, 1.807) is 0 Å². The van der Waals surface area contributed by atoms with Crippen LogP contribution in [0.25, 0.3) is 0 Å². The molecule has 0 aliphatic carbocycles. The molecule has 7 heteroatoms. The van der Waals surface area contributed by atoms with Gasteiger partial charge >= 0.3 is 0 Å². The van der Waals surface area contributed by atoms with Crippen molar-refractivity contribution in [2.75, 3.05) is 18.8 Å². The van der Waals surface area contributed by atoms with Gasteiger partial charge in [0.1, 0.15) is 4.90 Å². The number of aromatic nitrogens is 1. The molecule has 1 aromatic rings. The van der Waals surface area contributed by atoms with Crippen LogP contribution in [0.3, 0.4) is 0 Å². The molecule has 2 unspecified atom stereocenters. The summed E-state index contributed by atoms with van der Waals surface area (Å²) in [4.78, 5) is 6.39. The molecule has 0 radical (unpaired) electrons. The molecule has 6 nitrogen and oxygen atoms in total. The molecule has 2 fully saturated rings. The molecule has 0 saturated carbocycles. The first-order valence-corrected chi connectivity index (χ1v) is 8.50. The molecule has 2 saturated heterocycles. The van der Waals surface area contributed by atoms with E-state index in [1.807, 2.05) is 0 Å². The quantitative estimate of drug-likeness (QED) is 0.851. The highest BCUT2D eigenvalue weighted by molar-refractivity contribution is 7.89. The number of nitrogens with zero attached hydrogens (tertiary/aromatic N) is 2. The number of sulfonamides is 1. The minimum Gasteiger partial charge on any atom is -0.398 e. The van der Waals surface area contributed by atoms with Gasteiger partial charge in [0.15, 0.2) is 0 Å². The van der Waals surface area contributed by atoms with Gasteiger partial charge in [-0.1, -0.05) is 0 Å². The Morgan fingerprint density at radius 3 is 3.00 bits per heavy atom. The van der Waals surface area contributed by atoms with Crippen LogP contribution < -0.4 is 10.5 Å². The maximum atomic E-state index is 12.4. The van der Waals surface area contributed by atoms with Gasteiger partial charge in [0.05, 0.1) is 5.69 Å². The average Bonchev–Trinajstić information content (AvgIpc) is 2.86. The second kappa shape index (κ2) is 5.31. The maximum Gasteiger partial charge on any atom is 0.244 e. The third-order valence-corrected chi connectivity index (χ3v) is 5.81. The lowest BCUT2D eigenvalue weighted by atomic mass is 9.99. The van der Waals surface area contributed by atoms with Crippen LogP contribution in [0.2, 0.25) is 0 Å². The van der Waals surface area contributed by atoms with Crippen LogP contribution in [0.5, 0.6) is 0 Å². The number of anilines is 1. The van der Waals surface area contributed by atoms with Crippen LogP contribution >= 0.6 is 0 Å². The van der Waals surface area contributed by atoms with Gasteiger partial charge in [0.25, 0.3) is 0 Å². The van der Waals surface area contributed by atoms with Crippen LogP contribution in [0.4, 0.5) is 5.69 Å². The van der Waals surface area contributed by atoms with Gasteiger partial charge in [-0.2, -0.15) is 0 Å². The molecule has 2 atom stereocenters. The van der Waals surface area contributed by atoms with Crippen molar-refractivity contribution in [3.05, 3.63) is 18.5 Å². The van der Waals surface area contributed by atoms with Gasteiger partial charge in [-0.25, -0.2) is 13.1 Å². The number of nitrogens with one attached hydrogen (secondary N) is 1. The molecular formula is C13H20N4O2S. The van der Waals surface area contributed by atoms with E-state index in [4.69, 9.17) is 5.73 Å². The van der Waals surface area contributed by atoms with Crippen molar-refractivity contribution < 1.29 is 8.42 Å². The summed E-state index contributed by atoms with van der Waals surface area (Å²) in [5, 5.41) is 0. The topological polar surface area (TPSA) is 88.3 Å². The Hall–Kier alpha value is -1.18. The van der Waals surface area contributed by atoms with Gasteiger partial charge < -0.3 is 10.6 Å². The molecular weight excluding hydrogens is 276 g/mol. The van der Waals surface area contributed by atoms with Crippen LogP contribution in [-0.4, -0.2) is 43.5 Å². The van der Waals surface area contributed by atoms with Crippen molar-refractivity contribution in [1.82, 2.24) is 14.6 Å². The summed E-state index contributed by atoms with van der Waals surface area (Å²) in [6.07, 6.45) is 6.94. The number of pyridine rings is 1. The van der Waals surface area contributed by atoms with Crippen molar-refractivity contribution in [3.63, 3.8) is 0 Å². The van der Waals surface area contributed by atoms with E-state index in [1.165, 1.54) is 31.3 Å². The summed E-state index contributed by atoms with van der Waals surface area (Å²) >= 11 is 0. The van der Waals surface area contributed by atoms with E-state index in [0.717, 1.165) is 25.9 Å². The Balaban J connectivity index is 1.72. The van der Waals surface area contributed by atoms with Crippen LogP contribution in [0.15, 0.2) is 23.4 Å². The molecule has 20 heavy (non-hydrogen) atoms. The molecule has 3 rings (SSSR count). The van der Waals surface area contributed by atoms with Gasteiger partial charge in [0, 0.05) is 24.5 Å². The van der Waals surface area contributed by atoms with Gasteiger partial charge in [-0.05, 0) is 44.8 Å². The minimum absolute atomic E-state index is 0.000967. The number of nitrogen functional groups attached to an aromatic ring is 1. The van der Waals surface area contributed by atoms with E-state index < -0.39 is 10.0 Å². The molecule has 2 aliphatic heterocycles. The fourth-order valence-corrected chi connectivity index (χ4v) is 4.59. The summed E-state index contributed by atoms with van der Waals surface area (Å²) in [7, 11) is -3.58. The Morgan fingerprint density at radius 2 is 2.20 bits per heavy atom. The Morgan fingerprint density at radius 1 is 1.35 bits per heavy atom. The fraction of sp³-hybridized carbons (Fsp3) is 0.615. The van der Waals surface area contributed by atoms with Crippen LogP contribution in [0.1, 0.15) is 25.7 Å². The Kier molecular flexibility index (Phi) is 3.66. The summed E-state index contributed by atoms with van der Waals surface area (Å²) in [6.45, 7) is 2.13. The summed E-state index contributed by atoms with van der Waals surface area (Å²) in [5.41, 5.74) is 5.97. The van der Waals surface area contributed by atoms with Crippen molar-refractivity contribution in [3.8, 4) is 0 Å². The SMILES string of the molecule is Nc1ccncc1S(=O)(=O)NC1CCN2CCCC2C1. The Labute approximate surface area is 119 Å². The summed E-state index contributed by atoms with van der Waals surface area (Å²) < 4.78 is 27.5. The predicted octanol–water partition coefficient (Wildman–Crippen LogP) is 0.569. The van der Waals surface area contributed by atoms with Crippen molar-refractivity contribution in [2.45, 2.75) is 42.7 Å². The molecule has 0 aromatic carbocycles. The normalized spacial score (nSPS) is 27.4. The molecule has 1 aromatic heterocycles. The Bertz CT molecular complexity index is 590. The zero-order chi connectivity index (χ0) is 14.2. The number of rotatable bonds is 3. The smallest absolute Gasteiger partial charge is 0.244 e. The van der Waals surface area contributed by atoms with Gasteiger partial charge in [-0.3, -0.25) is 4.98 Å². The fourth-order valence-electron chi connectivity index (χ4n) is 3.23. The third-order valence-electron chi connectivity index (χ3n) is 4.25. The standard InChI is InChI=1S/C13H20N4O2S/c14-12-3-5-15-9-13(12)20(18,19)16-10-4-7-17-6-1-2-11(17)8-10/h3,5,9-11,16H,1-2,4,6-8H2,(H2,14,15). The monoisotopic (exact) mass is 296 g/mol. The van der Waals surface area contributed by atoms with Crippen LogP contribution in [-0.2, 0) is 10.0 Å². The van der Waals surface area contributed by atoms with E-state index in [2.05, 4.69) is 14.6 Å². The number of nitrogens with two attached hydrogens (primary N) is 1. The van der Waals surface area contributed by atoms with E-state index in [-0.39, 0.29) is 16.6 Å². The first-order valence-electron chi connectivity index (χ1n) is 7.02. The molecule has 110 valence electrons. The van der Waals surface area contributed by atoms with Crippen molar-refractivity contribution in [1.29, 1.82) is 0 Å². The largest absolute Gasteiger partial charge is 0.398 e. The third kappa shape index (κ3) is 2.65. The number of piperidine rings is 1. The van der Waals surface area contributed by atoms with Crippen LogP contribution in [0, 0.1) is 0 Å². The highest BCUT2D eigenvalue weighted by Crippen LogP contribution is 2.28. The first kappa shape index (κ1) is 13.8. The predicted molar refractivity (Wildman–Crippen MR) is 76.6 cm³/mol. The zero-order valence-electron chi connectivity index (χ0n) is 11.3. The lowest BCUT2D eigenvalue weighted by Gasteiger charge is -2.34. The van der Waals surface area contributed by atoms with E-state index in [9.17, 15) is 8.42 Å².